The van der Waals surface area contributed by atoms with E-state index in [1.165, 1.54) is 0 Å². The third-order valence-corrected chi connectivity index (χ3v) is 4.06. The Morgan fingerprint density at radius 2 is 1.65 bits per heavy atom. The van der Waals surface area contributed by atoms with E-state index in [4.69, 9.17) is 4.74 Å². The molecule has 0 radical (unpaired) electrons. The van der Waals surface area contributed by atoms with E-state index in [-0.39, 0.29) is 12.0 Å². The Balaban J connectivity index is 2.10. The second-order valence-corrected chi connectivity index (χ2v) is 7.43. The van der Waals surface area contributed by atoms with Crippen LogP contribution in [0.15, 0.2) is 53.4 Å². The molecule has 0 atom stereocenters. The lowest BCUT2D eigenvalue weighted by molar-refractivity contribution is 0.102. The quantitative estimate of drug-likeness (QED) is 0.738. The molecule has 1 amide bonds. The summed E-state index contributed by atoms with van der Waals surface area (Å²) >= 11 is 1.69. The average Bonchev–Trinajstić information content (AvgIpc) is 2.48. The van der Waals surface area contributed by atoms with Gasteiger partial charge in [-0.3, -0.25) is 4.79 Å². The highest BCUT2D eigenvalue weighted by atomic mass is 32.2. The van der Waals surface area contributed by atoms with Gasteiger partial charge in [-0.1, -0.05) is 26.0 Å². The van der Waals surface area contributed by atoms with Gasteiger partial charge in [-0.25, -0.2) is 0 Å². The number of thioether (sulfide) groups is 1. The van der Waals surface area contributed by atoms with E-state index in [0.29, 0.717) is 10.8 Å². The standard InChI is InChI=1S/C19H23NO2S/c1-13(2)22-16-11-9-15(10-12-16)20-19(21)17-7-5-6-8-18(17)23-14(3)4/h5-14H,1-4H3,(H,20,21). The van der Waals surface area contributed by atoms with Crippen molar-refractivity contribution in [1.29, 1.82) is 0 Å². The minimum absolute atomic E-state index is 0.0914. The van der Waals surface area contributed by atoms with Crippen LogP contribution in [-0.2, 0) is 0 Å². The van der Waals surface area contributed by atoms with E-state index < -0.39 is 0 Å². The number of amides is 1. The Labute approximate surface area is 142 Å². The van der Waals surface area contributed by atoms with Gasteiger partial charge in [0.25, 0.3) is 5.91 Å². The van der Waals surface area contributed by atoms with Gasteiger partial charge in [-0.05, 0) is 50.2 Å². The Kier molecular flexibility index (Phi) is 6.11. The molecule has 0 aliphatic heterocycles. The zero-order valence-corrected chi connectivity index (χ0v) is 14.8. The average molecular weight is 329 g/mol. The third kappa shape index (κ3) is 5.32. The van der Waals surface area contributed by atoms with Gasteiger partial charge in [-0.15, -0.1) is 11.8 Å². The van der Waals surface area contributed by atoms with Crippen molar-refractivity contribution in [1.82, 2.24) is 0 Å². The minimum atomic E-state index is -0.0914. The van der Waals surface area contributed by atoms with Gasteiger partial charge in [0.1, 0.15) is 5.75 Å². The first-order chi connectivity index (χ1) is 11.0. The zero-order valence-electron chi connectivity index (χ0n) is 14.0. The number of carbonyl (C=O) groups excluding carboxylic acids is 1. The van der Waals surface area contributed by atoms with Crippen LogP contribution in [0, 0.1) is 0 Å². The molecule has 2 rings (SSSR count). The van der Waals surface area contributed by atoms with Crippen LogP contribution in [0.3, 0.4) is 0 Å². The molecule has 0 saturated heterocycles. The minimum Gasteiger partial charge on any atom is -0.491 e. The molecule has 0 saturated carbocycles. The van der Waals surface area contributed by atoms with Crippen molar-refractivity contribution >= 4 is 23.4 Å². The fraction of sp³-hybridized carbons (Fsp3) is 0.316. The molecule has 0 aliphatic carbocycles. The van der Waals surface area contributed by atoms with Gasteiger partial charge in [-0.2, -0.15) is 0 Å². The second kappa shape index (κ2) is 8.06. The third-order valence-electron chi connectivity index (χ3n) is 2.98. The van der Waals surface area contributed by atoms with Crippen molar-refractivity contribution < 1.29 is 9.53 Å². The second-order valence-electron chi connectivity index (χ2n) is 5.81. The number of ether oxygens (including phenoxy) is 1. The van der Waals surface area contributed by atoms with Crippen LogP contribution in [-0.4, -0.2) is 17.3 Å². The molecule has 0 aromatic heterocycles. The molecule has 0 spiro atoms. The molecule has 0 bridgehead atoms. The molecule has 1 N–H and O–H groups in total. The highest BCUT2D eigenvalue weighted by Gasteiger charge is 2.12. The Hall–Kier alpha value is -1.94. The summed E-state index contributed by atoms with van der Waals surface area (Å²) in [7, 11) is 0. The van der Waals surface area contributed by atoms with E-state index in [9.17, 15) is 4.79 Å². The van der Waals surface area contributed by atoms with Gasteiger partial charge >= 0.3 is 0 Å². The van der Waals surface area contributed by atoms with Crippen molar-refractivity contribution in [2.45, 2.75) is 43.9 Å². The van der Waals surface area contributed by atoms with Crippen LogP contribution in [0.5, 0.6) is 5.75 Å². The zero-order chi connectivity index (χ0) is 16.8. The maximum Gasteiger partial charge on any atom is 0.256 e. The fourth-order valence-corrected chi connectivity index (χ4v) is 3.05. The van der Waals surface area contributed by atoms with E-state index in [1.54, 1.807) is 11.8 Å². The lowest BCUT2D eigenvalue weighted by atomic mass is 10.2. The summed E-state index contributed by atoms with van der Waals surface area (Å²) in [6, 6.07) is 15.1. The SMILES string of the molecule is CC(C)Oc1ccc(NC(=O)c2ccccc2SC(C)C)cc1. The van der Waals surface area contributed by atoms with Gasteiger partial charge in [0.2, 0.25) is 0 Å². The van der Waals surface area contributed by atoms with Crippen LogP contribution in [0.25, 0.3) is 0 Å². The van der Waals surface area contributed by atoms with E-state index in [2.05, 4.69) is 19.2 Å². The molecule has 0 unspecified atom stereocenters. The predicted molar refractivity (Wildman–Crippen MR) is 97.6 cm³/mol. The molecular formula is C19H23NO2S. The number of anilines is 1. The lowest BCUT2D eigenvalue weighted by Gasteiger charge is -2.13. The first kappa shape index (κ1) is 17.4. The fourth-order valence-electron chi connectivity index (χ4n) is 2.10. The molecule has 122 valence electrons. The topological polar surface area (TPSA) is 38.3 Å². The Bertz CT molecular complexity index is 651. The highest BCUT2D eigenvalue weighted by Crippen LogP contribution is 2.27. The maximum atomic E-state index is 12.5. The van der Waals surface area contributed by atoms with Gasteiger partial charge in [0, 0.05) is 15.8 Å². The van der Waals surface area contributed by atoms with Gasteiger partial charge < -0.3 is 10.1 Å². The first-order valence-corrected chi connectivity index (χ1v) is 8.67. The highest BCUT2D eigenvalue weighted by molar-refractivity contribution is 8.00. The normalized spacial score (nSPS) is 10.9. The summed E-state index contributed by atoms with van der Waals surface area (Å²) < 4.78 is 5.61. The summed E-state index contributed by atoms with van der Waals surface area (Å²) in [6.07, 6.45) is 0.135. The van der Waals surface area contributed by atoms with E-state index in [0.717, 1.165) is 16.3 Å². The number of rotatable bonds is 6. The molecule has 3 nitrogen and oxygen atoms in total. The maximum absolute atomic E-state index is 12.5. The number of benzene rings is 2. The molecule has 0 fully saturated rings. The largest absolute Gasteiger partial charge is 0.491 e. The number of hydrogen-bond acceptors (Lipinski definition) is 3. The molecule has 23 heavy (non-hydrogen) atoms. The number of nitrogens with one attached hydrogen (secondary N) is 1. The van der Waals surface area contributed by atoms with Crippen molar-refractivity contribution in [3.8, 4) is 5.75 Å². The van der Waals surface area contributed by atoms with Crippen molar-refractivity contribution in [3.63, 3.8) is 0 Å². The molecular weight excluding hydrogens is 306 g/mol. The summed E-state index contributed by atoms with van der Waals surface area (Å²) in [4.78, 5) is 13.5. The van der Waals surface area contributed by atoms with Crippen LogP contribution >= 0.6 is 11.8 Å². The van der Waals surface area contributed by atoms with E-state index in [1.807, 2.05) is 62.4 Å². The predicted octanol–water partition coefficient (Wildman–Crippen LogP) is 5.23. The molecule has 0 aliphatic rings. The lowest BCUT2D eigenvalue weighted by Crippen LogP contribution is -2.13. The summed E-state index contributed by atoms with van der Waals surface area (Å²) in [5.74, 6) is 0.708. The summed E-state index contributed by atoms with van der Waals surface area (Å²) in [6.45, 7) is 8.21. The van der Waals surface area contributed by atoms with Gasteiger partial charge in [0.05, 0.1) is 11.7 Å². The Morgan fingerprint density at radius 3 is 2.26 bits per heavy atom. The van der Waals surface area contributed by atoms with Crippen LogP contribution in [0.1, 0.15) is 38.1 Å². The van der Waals surface area contributed by atoms with Crippen LogP contribution in [0.4, 0.5) is 5.69 Å². The van der Waals surface area contributed by atoms with Crippen molar-refractivity contribution in [2.75, 3.05) is 5.32 Å². The molecule has 4 heteroatoms. The molecule has 2 aromatic rings. The van der Waals surface area contributed by atoms with Crippen molar-refractivity contribution in [2.24, 2.45) is 0 Å². The van der Waals surface area contributed by atoms with Crippen LogP contribution < -0.4 is 10.1 Å². The van der Waals surface area contributed by atoms with Crippen molar-refractivity contribution in [3.05, 3.63) is 54.1 Å². The Morgan fingerprint density at radius 1 is 1.00 bits per heavy atom. The number of carbonyl (C=O) groups is 1. The smallest absolute Gasteiger partial charge is 0.256 e. The van der Waals surface area contributed by atoms with E-state index >= 15 is 0 Å². The monoisotopic (exact) mass is 329 g/mol. The summed E-state index contributed by atoms with van der Waals surface area (Å²) in [5, 5.41) is 3.37. The van der Waals surface area contributed by atoms with Crippen LogP contribution in [0.2, 0.25) is 0 Å². The van der Waals surface area contributed by atoms with Gasteiger partial charge in [0.15, 0.2) is 0 Å². The first-order valence-electron chi connectivity index (χ1n) is 7.79. The number of hydrogen-bond donors (Lipinski definition) is 1. The molecule has 2 aromatic carbocycles. The summed E-state index contributed by atoms with van der Waals surface area (Å²) in [5.41, 5.74) is 1.46. The molecule has 0 heterocycles.